The second-order valence-corrected chi connectivity index (χ2v) is 4.60. The molecule has 9 heteroatoms. The summed E-state index contributed by atoms with van der Waals surface area (Å²) in [7, 11) is 16.1. The van der Waals surface area contributed by atoms with E-state index in [4.69, 9.17) is 33.4 Å². The molecule has 0 aliphatic heterocycles. The normalized spacial score (nSPS) is 11.2. The third-order valence-corrected chi connectivity index (χ3v) is 2.68. The van der Waals surface area contributed by atoms with Gasteiger partial charge in [0, 0.05) is 6.20 Å². The quantitative estimate of drug-likeness (QED) is 0.843. The van der Waals surface area contributed by atoms with E-state index in [1.54, 1.807) is 0 Å². The SMILES string of the molecule is [B]C([B])([B])Oc1ccc(C)c(F)c1-c1nccc(C(=O)O)n1. The van der Waals surface area contributed by atoms with Crippen LogP contribution in [0.5, 0.6) is 5.75 Å². The van der Waals surface area contributed by atoms with Crippen LogP contribution in [0.15, 0.2) is 24.4 Å². The molecule has 22 heavy (non-hydrogen) atoms. The summed E-state index contributed by atoms with van der Waals surface area (Å²) in [4.78, 5) is 18.6. The molecule has 0 spiro atoms. The van der Waals surface area contributed by atoms with E-state index in [0.717, 1.165) is 0 Å². The maximum absolute atomic E-state index is 14.4. The van der Waals surface area contributed by atoms with Gasteiger partial charge in [-0.05, 0) is 29.9 Å². The molecule has 5 nitrogen and oxygen atoms in total. The molecule has 0 atom stereocenters. The van der Waals surface area contributed by atoms with Crippen LogP contribution in [0.1, 0.15) is 16.1 Å². The fourth-order valence-corrected chi connectivity index (χ4v) is 1.74. The number of aryl methyl sites for hydroxylation is 1. The summed E-state index contributed by atoms with van der Waals surface area (Å²) in [6.07, 6.45) is 1.19. The van der Waals surface area contributed by atoms with Gasteiger partial charge in [-0.2, -0.15) is 0 Å². The van der Waals surface area contributed by atoms with Crippen LogP contribution >= 0.6 is 0 Å². The molecule has 1 aromatic heterocycles. The number of ether oxygens (including phenoxy) is 1. The number of aromatic carboxylic acids is 1. The van der Waals surface area contributed by atoms with Crippen LogP contribution in [0.3, 0.4) is 0 Å². The zero-order chi connectivity index (χ0) is 16.5. The number of benzene rings is 1. The Bertz CT molecular complexity index is 735. The zero-order valence-corrected chi connectivity index (χ0v) is 11.6. The fourth-order valence-electron chi connectivity index (χ4n) is 1.74. The fraction of sp³-hybridized carbons (Fsp3) is 0.154. The Morgan fingerprint density at radius 3 is 2.59 bits per heavy atom. The van der Waals surface area contributed by atoms with Crippen molar-refractivity contribution in [2.45, 2.75) is 12.2 Å². The minimum Gasteiger partial charge on any atom is -0.515 e. The minimum atomic E-state index is -2.04. The highest BCUT2D eigenvalue weighted by Gasteiger charge is 2.21. The molecule has 0 aliphatic carbocycles. The lowest BCUT2D eigenvalue weighted by molar-refractivity contribution is 0.0690. The number of carboxylic acids is 1. The molecule has 2 rings (SSSR count). The third-order valence-electron chi connectivity index (χ3n) is 2.68. The topological polar surface area (TPSA) is 72.3 Å². The van der Waals surface area contributed by atoms with Crippen LogP contribution in [-0.2, 0) is 0 Å². The Balaban J connectivity index is 2.64. The number of aromatic nitrogens is 2. The molecule has 2 aromatic rings. The van der Waals surface area contributed by atoms with Gasteiger partial charge in [-0.15, -0.1) is 0 Å². The van der Waals surface area contributed by atoms with Gasteiger partial charge in [0.1, 0.15) is 35.1 Å². The number of rotatable bonds is 4. The summed E-state index contributed by atoms with van der Waals surface area (Å²) in [5.74, 6) is -2.24. The Kier molecular flexibility index (Phi) is 4.26. The van der Waals surface area contributed by atoms with Crippen molar-refractivity contribution >= 4 is 29.5 Å². The van der Waals surface area contributed by atoms with Gasteiger partial charge in [-0.25, -0.2) is 19.2 Å². The molecule has 104 valence electrons. The average molecular weight is 292 g/mol. The molecule has 0 fully saturated rings. The van der Waals surface area contributed by atoms with E-state index in [0.29, 0.717) is 0 Å². The molecular weight excluding hydrogens is 284 g/mol. The molecule has 6 radical (unpaired) electrons. The summed E-state index contributed by atoms with van der Waals surface area (Å²) in [6.45, 7) is 1.52. The summed E-state index contributed by atoms with van der Waals surface area (Å²) < 4.78 is 19.5. The van der Waals surface area contributed by atoms with Gasteiger partial charge in [0.2, 0.25) is 0 Å². The van der Waals surface area contributed by atoms with Crippen molar-refractivity contribution in [3.05, 3.63) is 41.5 Å². The Hall–Kier alpha value is -2.31. The predicted molar refractivity (Wildman–Crippen MR) is 79.7 cm³/mol. The molecule has 1 aromatic carbocycles. The highest BCUT2D eigenvalue weighted by Crippen LogP contribution is 2.33. The predicted octanol–water partition coefficient (Wildman–Crippen LogP) is 0.785. The summed E-state index contributed by atoms with van der Waals surface area (Å²) in [5.41, 5.74) is -0.187. The minimum absolute atomic E-state index is 0.0989. The first-order valence-corrected chi connectivity index (χ1v) is 6.10. The second-order valence-electron chi connectivity index (χ2n) is 4.60. The molecule has 1 N–H and O–H groups in total. The lowest BCUT2D eigenvalue weighted by Gasteiger charge is -2.25. The standard InChI is InChI=1S/C13H8B3FN2O3/c1-6-2-3-8(22-13(14,15)16)9(10(6)17)11-18-5-4-7(19-11)12(20)21/h2-5H,1H3,(H,20,21). The van der Waals surface area contributed by atoms with Gasteiger partial charge in [-0.3, -0.25) is 0 Å². The van der Waals surface area contributed by atoms with E-state index in [-0.39, 0.29) is 28.4 Å². The molecule has 0 unspecified atom stereocenters. The summed E-state index contributed by atoms with van der Waals surface area (Å²) >= 11 is 0. The number of hydrogen-bond acceptors (Lipinski definition) is 4. The van der Waals surface area contributed by atoms with Gasteiger partial charge >= 0.3 is 5.97 Å². The van der Waals surface area contributed by atoms with Gasteiger partial charge < -0.3 is 9.84 Å². The summed E-state index contributed by atoms with van der Waals surface area (Å²) in [5, 5.41) is 6.92. The number of nitrogens with zero attached hydrogens (tertiary/aromatic N) is 2. The van der Waals surface area contributed by atoms with Crippen LogP contribution in [0.25, 0.3) is 11.4 Å². The first kappa shape index (κ1) is 16.1. The number of hydrogen-bond donors (Lipinski definition) is 1. The lowest BCUT2D eigenvalue weighted by atomic mass is 9.52. The van der Waals surface area contributed by atoms with Crippen molar-refractivity contribution in [2.24, 2.45) is 0 Å². The van der Waals surface area contributed by atoms with Gasteiger partial charge in [-0.1, -0.05) is 6.07 Å². The first-order valence-electron chi connectivity index (χ1n) is 6.10. The van der Waals surface area contributed by atoms with Crippen LogP contribution in [0.2, 0.25) is 0 Å². The van der Waals surface area contributed by atoms with Crippen molar-refractivity contribution in [3.8, 4) is 17.1 Å². The molecule has 0 saturated heterocycles. The molecule has 0 bridgehead atoms. The second kappa shape index (κ2) is 5.83. The number of halogens is 1. The molecular formula is C13H8B3FN2O3. The number of carboxylic acid groups (broad SMARTS) is 1. The molecule has 0 aliphatic rings. The van der Waals surface area contributed by atoms with Crippen molar-refractivity contribution in [3.63, 3.8) is 0 Å². The smallest absolute Gasteiger partial charge is 0.354 e. The zero-order valence-electron chi connectivity index (χ0n) is 11.6. The van der Waals surface area contributed by atoms with Gasteiger partial charge in [0.05, 0.1) is 5.56 Å². The van der Waals surface area contributed by atoms with Crippen LogP contribution < -0.4 is 4.74 Å². The van der Waals surface area contributed by atoms with Crippen molar-refractivity contribution in [1.29, 1.82) is 0 Å². The molecule has 1 heterocycles. The molecule has 0 amide bonds. The highest BCUT2D eigenvalue weighted by molar-refractivity contribution is 6.58. The Morgan fingerprint density at radius 2 is 2.00 bits per heavy atom. The van der Waals surface area contributed by atoms with E-state index in [1.165, 1.54) is 31.3 Å². The van der Waals surface area contributed by atoms with Gasteiger partial charge in [0.15, 0.2) is 11.5 Å². The summed E-state index contributed by atoms with van der Waals surface area (Å²) in [6, 6.07) is 4.01. The van der Waals surface area contributed by atoms with E-state index >= 15 is 0 Å². The van der Waals surface area contributed by atoms with E-state index < -0.39 is 17.1 Å². The van der Waals surface area contributed by atoms with E-state index in [1.807, 2.05) is 0 Å². The van der Waals surface area contributed by atoms with Gasteiger partial charge in [0.25, 0.3) is 0 Å². The first-order chi connectivity index (χ1) is 10.2. The van der Waals surface area contributed by atoms with Crippen molar-refractivity contribution < 1.29 is 19.0 Å². The lowest BCUT2D eigenvalue weighted by Crippen LogP contribution is -2.37. The van der Waals surface area contributed by atoms with Crippen LogP contribution in [0, 0.1) is 12.7 Å². The average Bonchev–Trinajstić information content (AvgIpc) is 2.42. The maximum Gasteiger partial charge on any atom is 0.354 e. The largest absolute Gasteiger partial charge is 0.515 e. The Morgan fingerprint density at radius 1 is 1.32 bits per heavy atom. The Labute approximate surface area is 130 Å². The van der Waals surface area contributed by atoms with Crippen molar-refractivity contribution in [2.75, 3.05) is 0 Å². The van der Waals surface area contributed by atoms with Crippen LogP contribution in [-0.4, -0.2) is 49.9 Å². The van der Waals surface area contributed by atoms with Crippen molar-refractivity contribution in [1.82, 2.24) is 9.97 Å². The van der Waals surface area contributed by atoms with Crippen LogP contribution in [0.4, 0.5) is 4.39 Å². The monoisotopic (exact) mass is 292 g/mol. The molecule has 0 saturated carbocycles. The van der Waals surface area contributed by atoms with E-state index in [2.05, 4.69) is 9.97 Å². The number of carbonyl (C=O) groups is 1. The maximum atomic E-state index is 14.4. The van der Waals surface area contributed by atoms with E-state index in [9.17, 15) is 9.18 Å². The highest BCUT2D eigenvalue weighted by atomic mass is 19.1. The third kappa shape index (κ3) is 3.47.